The Bertz CT molecular complexity index is 276. The van der Waals surface area contributed by atoms with E-state index in [1.54, 1.807) is 0 Å². The Labute approximate surface area is 95.9 Å². The van der Waals surface area contributed by atoms with Crippen LogP contribution in [-0.4, -0.2) is 42.3 Å². The van der Waals surface area contributed by atoms with Crippen LogP contribution in [0.4, 0.5) is 13.2 Å². The number of aliphatic carboxylic acids is 1. The van der Waals surface area contributed by atoms with E-state index in [1.165, 1.54) is 0 Å². The lowest BCUT2D eigenvalue weighted by Gasteiger charge is -2.15. The highest BCUT2D eigenvalue weighted by Gasteiger charge is 2.29. The maximum atomic E-state index is 11.9. The summed E-state index contributed by atoms with van der Waals surface area (Å²) in [5.74, 6) is -1.47. The van der Waals surface area contributed by atoms with Crippen molar-refractivity contribution in [2.45, 2.75) is 25.1 Å². The van der Waals surface area contributed by atoms with Crippen LogP contribution in [0.5, 0.6) is 0 Å². The third-order valence-corrected chi connectivity index (χ3v) is 1.79. The second kappa shape index (κ2) is 6.94. The number of halogens is 3. The van der Waals surface area contributed by atoms with Crippen LogP contribution in [0, 0.1) is 0 Å². The summed E-state index contributed by atoms with van der Waals surface area (Å²) in [6.45, 7) is -1.16. The number of nitrogens with zero attached hydrogens (tertiary/aromatic N) is 1. The quantitative estimate of drug-likeness (QED) is 0.282. The lowest BCUT2D eigenvalue weighted by Crippen LogP contribution is -2.42. The van der Waals surface area contributed by atoms with Crippen LogP contribution in [0.25, 0.3) is 0 Å². The van der Waals surface area contributed by atoms with Crippen molar-refractivity contribution in [3.8, 4) is 0 Å². The third kappa shape index (κ3) is 9.42. The number of nitrogens with one attached hydrogen (secondary N) is 1. The van der Waals surface area contributed by atoms with Crippen LogP contribution < -0.4 is 16.8 Å². The molecule has 0 bridgehead atoms. The van der Waals surface area contributed by atoms with E-state index in [2.05, 4.69) is 4.99 Å². The lowest BCUT2D eigenvalue weighted by molar-refractivity contribution is -0.143. The van der Waals surface area contributed by atoms with Crippen molar-refractivity contribution < 1.29 is 23.1 Å². The fraction of sp³-hybridized carbons (Fsp3) is 0.750. The minimum absolute atomic E-state index is 0.0161. The van der Waals surface area contributed by atoms with E-state index >= 15 is 0 Å². The van der Waals surface area contributed by atoms with E-state index in [1.807, 2.05) is 5.32 Å². The molecule has 17 heavy (non-hydrogen) atoms. The molecular formula is C8H15F3N4O2. The van der Waals surface area contributed by atoms with Crippen molar-refractivity contribution in [1.82, 2.24) is 5.32 Å². The second-order valence-electron chi connectivity index (χ2n) is 3.34. The number of carbonyl (C=O) groups is 1. The number of nitrogens with two attached hydrogens (primary N) is 2. The smallest absolute Gasteiger partial charge is 0.401 e. The highest BCUT2D eigenvalue weighted by atomic mass is 19.4. The van der Waals surface area contributed by atoms with Gasteiger partial charge < -0.3 is 16.6 Å². The van der Waals surface area contributed by atoms with E-state index in [0.717, 1.165) is 0 Å². The van der Waals surface area contributed by atoms with Gasteiger partial charge in [0, 0.05) is 6.54 Å². The van der Waals surface area contributed by atoms with Crippen LogP contribution in [0.3, 0.4) is 0 Å². The Balaban J connectivity index is 4.00. The summed E-state index contributed by atoms with van der Waals surface area (Å²) in [7, 11) is 0. The molecular weight excluding hydrogens is 241 g/mol. The van der Waals surface area contributed by atoms with Gasteiger partial charge in [0.2, 0.25) is 0 Å². The van der Waals surface area contributed by atoms with Crippen LogP contribution in [-0.2, 0) is 4.79 Å². The maximum absolute atomic E-state index is 11.9. The van der Waals surface area contributed by atoms with Gasteiger partial charge in [0.15, 0.2) is 5.96 Å². The average Bonchev–Trinajstić information content (AvgIpc) is 2.13. The first kappa shape index (κ1) is 15.5. The van der Waals surface area contributed by atoms with Gasteiger partial charge >= 0.3 is 12.1 Å². The largest absolute Gasteiger partial charge is 0.480 e. The first-order chi connectivity index (χ1) is 7.72. The summed E-state index contributed by atoms with van der Waals surface area (Å²) < 4.78 is 35.6. The Morgan fingerprint density at radius 2 is 2.00 bits per heavy atom. The van der Waals surface area contributed by atoms with Gasteiger partial charge in [-0.1, -0.05) is 0 Å². The minimum Gasteiger partial charge on any atom is -0.480 e. The van der Waals surface area contributed by atoms with Crippen molar-refractivity contribution in [3.63, 3.8) is 0 Å². The summed E-state index contributed by atoms with van der Waals surface area (Å²) in [5.41, 5.74) is 10.1. The van der Waals surface area contributed by atoms with E-state index in [4.69, 9.17) is 16.6 Å². The molecule has 100 valence electrons. The van der Waals surface area contributed by atoms with Gasteiger partial charge in [0.1, 0.15) is 6.04 Å². The second-order valence-corrected chi connectivity index (χ2v) is 3.34. The number of guanidine groups is 1. The molecule has 0 aliphatic rings. The number of carboxylic acid groups (broad SMARTS) is 1. The Morgan fingerprint density at radius 1 is 1.41 bits per heavy atom. The molecule has 0 aliphatic carbocycles. The zero-order valence-corrected chi connectivity index (χ0v) is 9.00. The van der Waals surface area contributed by atoms with Gasteiger partial charge in [-0.25, -0.2) is 0 Å². The van der Waals surface area contributed by atoms with Gasteiger partial charge in [-0.2, -0.15) is 13.2 Å². The SMILES string of the molecule is NC(N)=NCCCC(NCC(F)(F)F)C(=O)O. The van der Waals surface area contributed by atoms with Gasteiger partial charge in [-0.15, -0.1) is 0 Å². The predicted octanol–water partition coefficient (Wildman–Crippen LogP) is -0.355. The van der Waals surface area contributed by atoms with Gasteiger partial charge in [-0.05, 0) is 12.8 Å². The van der Waals surface area contributed by atoms with Crippen LogP contribution in [0.2, 0.25) is 0 Å². The molecule has 0 amide bonds. The van der Waals surface area contributed by atoms with E-state index in [0.29, 0.717) is 0 Å². The summed E-state index contributed by atoms with van der Waals surface area (Å²) in [6, 6.07) is -1.26. The summed E-state index contributed by atoms with van der Waals surface area (Å²) in [4.78, 5) is 14.2. The number of alkyl halides is 3. The molecule has 0 heterocycles. The molecule has 1 atom stereocenters. The molecule has 1 unspecified atom stereocenters. The fourth-order valence-electron chi connectivity index (χ4n) is 1.06. The molecule has 0 aliphatic heterocycles. The first-order valence-electron chi connectivity index (χ1n) is 4.80. The van der Waals surface area contributed by atoms with Crippen molar-refractivity contribution in [3.05, 3.63) is 0 Å². The third-order valence-electron chi connectivity index (χ3n) is 1.79. The topological polar surface area (TPSA) is 114 Å². The Kier molecular flexibility index (Phi) is 6.33. The Hall–Kier alpha value is -1.51. The highest BCUT2D eigenvalue weighted by Crippen LogP contribution is 2.13. The lowest BCUT2D eigenvalue weighted by atomic mass is 10.1. The van der Waals surface area contributed by atoms with E-state index in [-0.39, 0.29) is 25.3 Å². The standard InChI is InChI=1S/C8H15F3N4O2/c9-8(10,11)4-15-5(6(16)17)2-1-3-14-7(12)13/h5,15H,1-4H2,(H,16,17)(H4,12,13,14). The number of carboxylic acids is 1. The molecule has 0 fully saturated rings. The normalized spacial score (nSPS) is 13.1. The van der Waals surface area contributed by atoms with Crippen molar-refractivity contribution >= 4 is 11.9 Å². The summed E-state index contributed by atoms with van der Waals surface area (Å²) in [5, 5.41) is 10.6. The van der Waals surface area contributed by atoms with Crippen LogP contribution in [0.15, 0.2) is 4.99 Å². The van der Waals surface area contributed by atoms with Gasteiger partial charge in [0.05, 0.1) is 6.54 Å². The van der Waals surface area contributed by atoms with Crippen molar-refractivity contribution in [2.24, 2.45) is 16.5 Å². The molecule has 6 N–H and O–H groups in total. The Morgan fingerprint density at radius 3 is 2.41 bits per heavy atom. The zero-order valence-electron chi connectivity index (χ0n) is 9.00. The molecule has 0 saturated heterocycles. The van der Waals surface area contributed by atoms with E-state index in [9.17, 15) is 18.0 Å². The average molecular weight is 256 g/mol. The predicted molar refractivity (Wildman–Crippen MR) is 55.4 cm³/mol. The summed E-state index contributed by atoms with van der Waals surface area (Å²) in [6.07, 6.45) is -4.14. The number of rotatable bonds is 7. The monoisotopic (exact) mass is 256 g/mol. The first-order valence-corrected chi connectivity index (χ1v) is 4.80. The van der Waals surface area contributed by atoms with Crippen molar-refractivity contribution in [2.75, 3.05) is 13.1 Å². The van der Waals surface area contributed by atoms with Crippen LogP contribution >= 0.6 is 0 Å². The molecule has 0 aromatic carbocycles. The van der Waals surface area contributed by atoms with Gasteiger partial charge in [0.25, 0.3) is 0 Å². The fourth-order valence-corrected chi connectivity index (χ4v) is 1.06. The van der Waals surface area contributed by atoms with Crippen LogP contribution in [0.1, 0.15) is 12.8 Å². The summed E-state index contributed by atoms with van der Waals surface area (Å²) >= 11 is 0. The van der Waals surface area contributed by atoms with E-state index < -0.39 is 24.7 Å². The number of hydrogen-bond donors (Lipinski definition) is 4. The highest BCUT2D eigenvalue weighted by molar-refractivity contribution is 5.75. The molecule has 0 aromatic rings. The molecule has 0 rings (SSSR count). The molecule has 6 nitrogen and oxygen atoms in total. The van der Waals surface area contributed by atoms with Gasteiger partial charge in [-0.3, -0.25) is 15.1 Å². The van der Waals surface area contributed by atoms with Crippen molar-refractivity contribution in [1.29, 1.82) is 0 Å². The minimum atomic E-state index is -4.44. The molecule has 0 spiro atoms. The number of hydrogen-bond acceptors (Lipinski definition) is 3. The molecule has 0 aromatic heterocycles. The number of aliphatic imine (C=N–C) groups is 1. The molecule has 0 radical (unpaired) electrons. The maximum Gasteiger partial charge on any atom is 0.401 e. The molecule has 0 saturated carbocycles. The zero-order chi connectivity index (χ0) is 13.5. The molecule has 9 heteroatoms.